The molecule has 0 aromatic heterocycles. The van der Waals surface area contributed by atoms with Gasteiger partial charge < -0.3 is 4.90 Å². The molecule has 3 nitrogen and oxygen atoms in total. The van der Waals surface area contributed by atoms with Gasteiger partial charge in [-0.15, -0.1) is 0 Å². The Labute approximate surface area is 93.3 Å². The van der Waals surface area contributed by atoms with Crippen LogP contribution < -0.4 is 0 Å². The molecule has 0 saturated carbocycles. The van der Waals surface area contributed by atoms with Gasteiger partial charge in [-0.05, 0) is 19.9 Å². The van der Waals surface area contributed by atoms with E-state index in [0.717, 1.165) is 13.1 Å². The summed E-state index contributed by atoms with van der Waals surface area (Å²) in [6, 6.07) is 0.722. The maximum absolute atomic E-state index is 11.4. The quantitative estimate of drug-likeness (QED) is 0.415. The fourth-order valence-corrected chi connectivity index (χ4v) is 2.25. The van der Waals surface area contributed by atoms with Gasteiger partial charge in [0, 0.05) is 48.0 Å². The third-order valence-corrected chi connectivity index (χ3v) is 3.71. The van der Waals surface area contributed by atoms with E-state index in [0.29, 0.717) is 12.1 Å². The van der Waals surface area contributed by atoms with Crippen molar-refractivity contribution in [2.45, 2.75) is 25.9 Å². The average Bonchev–Trinajstić information content (AvgIpc) is 2.10. The van der Waals surface area contributed by atoms with E-state index >= 15 is 0 Å². The fourth-order valence-electron chi connectivity index (χ4n) is 1.51. The van der Waals surface area contributed by atoms with Crippen LogP contribution in [0.3, 0.4) is 0 Å². The molecule has 1 saturated heterocycles. The first-order valence-corrected chi connectivity index (χ1v) is 5.38. The predicted molar refractivity (Wildman–Crippen MR) is 61.6 cm³/mol. The van der Waals surface area contributed by atoms with Gasteiger partial charge >= 0.3 is 0 Å². The van der Waals surface area contributed by atoms with Crippen molar-refractivity contribution in [2.75, 3.05) is 13.1 Å². The van der Waals surface area contributed by atoms with Crippen molar-refractivity contribution < 1.29 is 4.79 Å². The zero-order valence-corrected chi connectivity index (χ0v) is 10.2. The normalized spacial score (nSPS) is 30.2. The Balaban J connectivity index is 2.66. The highest BCUT2D eigenvalue weighted by atomic mass is 127. The first kappa shape index (κ1) is 11.0. The van der Waals surface area contributed by atoms with Crippen LogP contribution in [0.15, 0.2) is 12.7 Å². The number of rotatable bonds is 1. The van der Waals surface area contributed by atoms with Crippen molar-refractivity contribution in [3.05, 3.63) is 12.7 Å². The summed E-state index contributed by atoms with van der Waals surface area (Å²) < 4.78 is 2.25. The second kappa shape index (κ2) is 4.41. The van der Waals surface area contributed by atoms with E-state index in [1.165, 1.54) is 6.08 Å². The molecular formula is C9H15IN2O. The van der Waals surface area contributed by atoms with Gasteiger partial charge in [0.1, 0.15) is 0 Å². The van der Waals surface area contributed by atoms with E-state index in [-0.39, 0.29) is 5.91 Å². The Hall–Kier alpha value is -0.100. The molecule has 74 valence electrons. The van der Waals surface area contributed by atoms with E-state index in [1.807, 2.05) is 4.90 Å². The van der Waals surface area contributed by atoms with E-state index < -0.39 is 0 Å². The Morgan fingerprint density at radius 2 is 2.08 bits per heavy atom. The second-order valence-electron chi connectivity index (χ2n) is 3.48. The molecular weight excluding hydrogens is 279 g/mol. The zero-order valence-electron chi connectivity index (χ0n) is 8.03. The van der Waals surface area contributed by atoms with Crippen LogP contribution in [0.4, 0.5) is 0 Å². The number of hydrogen-bond acceptors (Lipinski definition) is 2. The molecule has 0 N–H and O–H groups in total. The van der Waals surface area contributed by atoms with Gasteiger partial charge in [0.15, 0.2) is 0 Å². The lowest BCUT2D eigenvalue weighted by atomic mass is 10.1. The van der Waals surface area contributed by atoms with Crippen LogP contribution in [0.5, 0.6) is 0 Å². The molecule has 0 radical (unpaired) electrons. The smallest absolute Gasteiger partial charge is 0.246 e. The summed E-state index contributed by atoms with van der Waals surface area (Å²) in [5.74, 6) is 0.0452. The van der Waals surface area contributed by atoms with Crippen LogP contribution in [-0.2, 0) is 4.79 Å². The molecule has 4 heteroatoms. The second-order valence-corrected chi connectivity index (χ2v) is 4.71. The number of piperazine rings is 1. The molecule has 2 atom stereocenters. The monoisotopic (exact) mass is 294 g/mol. The predicted octanol–water partition coefficient (Wildman–Crippen LogP) is 1.44. The Bertz CT molecular complexity index is 220. The maximum Gasteiger partial charge on any atom is 0.246 e. The molecule has 0 unspecified atom stereocenters. The largest absolute Gasteiger partial charge is 0.334 e. The van der Waals surface area contributed by atoms with Crippen LogP contribution in [0.2, 0.25) is 0 Å². The topological polar surface area (TPSA) is 23.6 Å². The number of carbonyl (C=O) groups excluding carboxylic acids is 1. The molecule has 1 heterocycles. The minimum Gasteiger partial charge on any atom is -0.334 e. The highest BCUT2D eigenvalue weighted by Crippen LogP contribution is 2.18. The highest BCUT2D eigenvalue weighted by Gasteiger charge is 2.29. The van der Waals surface area contributed by atoms with Crippen molar-refractivity contribution >= 4 is 28.8 Å². The molecule has 1 aliphatic rings. The zero-order chi connectivity index (χ0) is 10.0. The van der Waals surface area contributed by atoms with Crippen LogP contribution in [0.1, 0.15) is 13.8 Å². The number of carbonyl (C=O) groups is 1. The van der Waals surface area contributed by atoms with Gasteiger partial charge in [-0.25, -0.2) is 3.11 Å². The molecule has 0 aromatic rings. The Morgan fingerprint density at radius 1 is 1.46 bits per heavy atom. The van der Waals surface area contributed by atoms with Gasteiger partial charge in [-0.2, -0.15) is 0 Å². The minimum atomic E-state index is 0.0452. The summed E-state index contributed by atoms with van der Waals surface area (Å²) in [4.78, 5) is 13.3. The molecule has 0 bridgehead atoms. The first-order chi connectivity index (χ1) is 6.06. The van der Waals surface area contributed by atoms with Crippen molar-refractivity contribution in [1.82, 2.24) is 8.01 Å². The summed E-state index contributed by atoms with van der Waals surface area (Å²) in [7, 11) is 0. The van der Waals surface area contributed by atoms with Crippen molar-refractivity contribution in [1.29, 1.82) is 0 Å². The summed E-state index contributed by atoms with van der Waals surface area (Å²) in [6.45, 7) is 9.44. The molecule has 0 spiro atoms. The van der Waals surface area contributed by atoms with E-state index in [1.54, 1.807) is 0 Å². The molecule has 0 aliphatic carbocycles. The van der Waals surface area contributed by atoms with E-state index in [9.17, 15) is 4.79 Å². The van der Waals surface area contributed by atoms with Gasteiger partial charge in [0.25, 0.3) is 0 Å². The van der Waals surface area contributed by atoms with Crippen molar-refractivity contribution in [2.24, 2.45) is 0 Å². The molecule has 1 fully saturated rings. The van der Waals surface area contributed by atoms with E-state index in [2.05, 4.69) is 46.4 Å². The first-order valence-electron chi connectivity index (χ1n) is 4.41. The van der Waals surface area contributed by atoms with Gasteiger partial charge in [0.2, 0.25) is 5.91 Å². The molecule has 1 rings (SSSR count). The summed E-state index contributed by atoms with van der Waals surface area (Å²) in [5, 5.41) is 0. The molecule has 13 heavy (non-hydrogen) atoms. The van der Waals surface area contributed by atoms with Crippen LogP contribution in [0.25, 0.3) is 0 Å². The minimum absolute atomic E-state index is 0.0452. The number of hydrogen-bond donors (Lipinski definition) is 0. The van der Waals surface area contributed by atoms with Gasteiger partial charge in [-0.1, -0.05) is 6.58 Å². The lowest BCUT2D eigenvalue weighted by Gasteiger charge is -2.40. The number of nitrogens with zero attached hydrogens (tertiary/aromatic N) is 2. The number of amides is 1. The summed E-state index contributed by atoms with van der Waals surface area (Å²) in [6.07, 6.45) is 1.39. The lowest BCUT2D eigenvalue weighted by Crippen LogP contribution is -2.54. The standard InChI is InChI=1S/C9H15IN2O/c1-4-9(13)11-5-8(3)12(10)6-7(11)2/h4,7-8H,1,5-6H2,2-3H3/t7-,8+/m1/s1. The third-order valence-electron chi connectivity index (χ3n) is 2.37. The SMILES string of the molecule is C=CC(=O)N1C[C@H](C)N(I)C[C@H]1C. The summed E-state index contributed by atoms with van der Waals surface area (Å²) in [5.41, 5.74) is 0. The van der Waals surface area contributed by atoms with Crippen molar-refractivity contribution in [3.8, 4) is 0 Å². The highest BCUT2D eigenvalue weighted by molar-refractivity contribution is 14.1. The van der Waals surface area contributed by atoms with Crippen LogP contribution in [-0.4, -0.2) is 39.1 Å². The average molecular weight is 294 g/mol. The molecule has 1 amide bonds. The van der Waals surface area contributed by atoms with Gasteiger partial charge in [-0.3, -0.25) is 4.79 Å². The maximum atomic E-state index is 11.4. The lowest BCUT2D eigenvalue weighted by molar-refractivity contribution is -0.130. The summed E-state index contributed by atoms with van der Waals surface area (Å²) >= 11 is 2.31. The van der Waals surface area contributed by atoms with Crippen LogP contribution >= 0.6 is 22.9 Å². The Morgan fingerprint density at radius 3 is 2.62 bits per heavy atom. The number of halogens is 1. The molecule has 1 aliphatic heterocycles. The fraction of sp³-hybridized carbons (Fsp3) is 0.667. The van der Waals surface area contributed by atoms with Crippen molar-refractivity contribution in [3.63, 3.8) is 0 Å². The van der Waals surface area contributed by atoms with Crippen LogP contribution in [0, 0.1) is 0 Å². The van der Waals surface area contributed by atoms with E-state index in [4.69, 9.17) is 0 Å². The Kier molecular flexibility index (Phi) is 3.73. The third kappa shape index (κ3) is 2.43. The molecule has 0 aromatic carbocycles. The van der Waals surface area contributed by atoms with Gasteiger partial charge in [0.05, 0.1) is 0 Å².